The molecule has 0 spiro atoms. The van der Waals surface area contributed by atoms with Gasteiger partial charge in [0, 0.05) is 14.1 Å². The van der Waals surface area contributed by atoms with Crippen LogP contribution >= 0.6 is 0 Å². The second-order valence-corrected chi connectivity index (χ2v) is 3.60. The summed E-state index contributed by atoms with van der Waals surface area (Å²) in [4.78, 5) is 13.2. The molecule has 0 amide bonds. The number of carbonyl (C=O) groups excluding carboxylic acids is 1. The number of ether oxygens (including phenoxy) is 1. The summed E-state index contributed by atoms with van der Waals surface area (Å²) < 4.78 is 4.74. The zero-order valence-corrected chi connectivity index (χ0v) is 10.7. The molecule has 0 radical (unpaired) electrons. The standard InChI is InChI=1S/C13H18N2O2/c1-5-17-13(16)12(10-14)7-6-11(2)8-9-15(3)4/h6-9H,5H2,1-4H3/b9-8+,11-6+,12-7+. The number of hydrogen-bond acceptors (Lipinski definition) is 4. The van der Waals surface area contributed by atoms with Gasteiger partial charge in [-0.15, -0.1) is 0 Å². The molecule has 17 heavy (non-hydrogen) atoms. The molecule has 0 N–H and O–H groups in total. The molecule has 0 unspecified atom stereocenters. The smallest absolute Gasteiger partial charge is 0.348 e. The Morgan fingerprint density at radius 3 is 2.53 bits per heavy atom. The molecule has 0 aromatic rings. The lowest BCUT2D eigenvalue weighted by molar-refractivity contribution is -0.138. The van der Waals surface area contributed by atoms with Gasteiger partial charge in [0.15, 0.2) is 0 Å². The summed E-state index contributed by atoms with van der Waals surface area (Å²) in [5.41, 5.74) is 0.945. The van der Waals surface area contributed by atoms with Gasteiger partial charge in [0.05, 0.1) is 6.61 Å². The number of rotatable bonds is 5. The van der Waals surface area contributed by atoms with Crippen LogP contribution in [-0.4, -0.2) is 31.6 Å². The average molecular weight is 234 g/mol. The van der Waals surface area contributed by atoms with Crippen molar-refractivity contribution in [1.29, 1.82) is 5.26 Å². The maximum Gasteiger partial charge on any atom is 0.348 e. The van der Waals surface area contributed by atoms with E-state index in [9.17, 15) is 4.79 Å². The van der Waals surface area contributed by atoms with Gasteiger partial charge < -0.3 is 9.64 Å². The molecule has 0 aliphatic heterocycles. The van der Waals surface area contributed by atoms with E-state index in [1.807, 2.05) is 44.3 Å². The molecular weight excluding hydrogens is 216 g/mol. The van der Waals surface area contributed by atoms with Crippen molar-refractivity contribution in [3.63, 3.8) is 0 Å². The van der Waals surface area contributed by atoms with E-state index in [1.54, 1.807) is 13.0 Å². The molecular formula is C13H18N2O2. The highest BCUT2D eigenvalue weighted by molar-refractivity contribution is 5.93. The van der Waals surface area contributed by atoms with Gasteiger partial charge in [-0.05, 0) is 37.8 Å². The Morgan fingerprint density at radius 2 is 2.06 bits per heavy atom. The first-order valence-corrected chi connectivity index (χ1v) is 5.31. The van der Waals surface area contributed by atoms with Crippen molar-refractivity contribution in [2.45, 2.75) is 13.8 Å². The summed E-state index contributed by atoms with van der Waals surface area (Å²) in [6.45, 7) is 3.85. The molecule has 0 saturated heterocycles. The Balaban J connectivity index is 4.71. The van der Waals surface area contributed by atoms with Gasteiger partial charge in [-0.1, -0.05) is 6.08 Å². The minimum absolute atomic E-state index is 0.00412. The summed E-state index contributed by atoms with van der Waals surface area (Å²) in [6.07, 6.45) is 6.94. The van der Waals surface area contributed by atoms with Crippen LogP contribution in [-0.2, 0) is 9.53 Å². The fourth-order valence-electron chi connectivity index (χ4n) is 0.897. The van der Waals surface area contributed by atoms with Gasteiger partial charge in [-0.2, -0.15) is 5.26 Å². The first kappa shape index (κ1) is 15.0. The minimum Gasteiger partial charge on any atom is -0.462 e. The lowest BCUT2D eigenvalue weighted by atomic mass is 10.2. The van der Waals surface area contributed by atoms with Crippen LogP contribution < -0.4 is 0 Å². The van der Waals surface area contributed by atoms with Gasteiger partial charge in [0.1, 0.15) is 11.6 Å². The molecule has 0 aliphatic rings. The van der Waals surface area contributed by atoms with Crippen LogP contribution in [0.1, 0.15) is 13.8 Å². The van der Waals surface area contributed by atoms with E-state index in [0.717, 1.165) is 5.57 Å². The van der Waals surface area contributed by atoms with Gasteiger partial charge in [0.25, 0.3) is 0 Å². The summed E-state index contributed by atoms with van der Waals surface area (Å²) in [5.74, 6) is -0.587. The Hall–Kier alpha value is -2.02. The Morgan fingerprint density at radius 1 is 1.41 bits per heavy atom. The van der Waals surface area contributed by atoms with E-state index in [0.29, 0.717) is 0 Å². The molecule has 0 heterocycles. The van der Waals surface area contributed by atoms with Crippen molar-refractivity contribution in [3.8, 4) is 6.07 Å². The number of esters is 1. The maximum atomic E-state index is 11.3. The summed E-state index contributed by atoms with van der Waals surface area (Å²) in [6, 6.07) is 1.81. The third kappa shape index (κ3) is 6.96. The number of allylic oxidation sites excluding steroid dienone is 4. The quantitative estimate of drug-likeness (QED) is 0.316. The lowest BCUT2D eigenvalue weighted by Crippen LogP contribution is -2.05. The van der Waals surface area contributed by atoms with Crippen LogP contribution in [0.4, 0.5) is 0 Å². The number of nitriles is 1. The van der Waals surface area contributed by atoms with Crippen molar-refractivity contribution < 1.29 is 9.53 Å². The number of carbonyl (C=O) groups is 1. The molecule has 92 valence electrons. The Bertz CT molecular complexity index is 385. The van der Waals surface area contributed by atoms with Crippen LogP contribution in [0, 0.1) is 11.3 Å². The SMILES string of the molecule is CCOC(=O)/C(C#N)=C/C=C(C)/C=C/N(C)C. The maximum absolute atomic E-state index is 11.3. The predicted molar refractivity (Wildman–Crippen MR) is 66.9 cm³/mol. The fraction of sp³-hybridized carbons (Fsp3) is 0.385. The first-order valence-electron chi connectivity index (χ1n) is 5.31. The molecule has 4 nitrogen and oxygen atoms in total. The van der Waals surface area contributed by atoms with Gasteiger partial charge in [-0.3, -0.25) is 0 Å². The molecule has 4 heteroatoms. The van der Waals surface area contributed by atoms with Gasteiger partial charge in [0.2, 0.25) is 0 Å². The zero-order chi connectivity index (χ0) is 13.3. The summed E-state index contributed by atoms with van der Waals surface area (Å²) >= 11 is 0. The highest BCUT2D eigenvalue weighted by atomic mass is 16.5. The van der Waals surface area contributed by atoms with Crippen LogP contribution in [0.2, 0.25) is 0 Å². The topological polar surface area (TPSA) is 53.3 Å². The van der Waals surface area contributed by atoms with Crippen LogP contribution in [0.25, 0.3) is 0 Å². The van der Waals surface area contributed by atoms with E-state index in [4.69, 9.17) is 10.00 Å². The third-order valence-corrected chi connectivity index (χ3v) is 1.76. The molecule has 0 saturated carbocycles. The van der Waals surface area contributed by atoms with E-state index in [2.05, 4.69) is 0 Å². The summed E-state index contributed by atoms with van der Waals surface area (Å²) in [5, 5.41) is 8.78. The van der Waals surface area contributed by atoms with E-state index >= 15 is 0 Å². The van der Waals surface area contributed by atoms with Crippen molar-refractivity contribution in [3.05, 3.63) is 35.6 Å². The normalized spacial score (nSPS) is 12.4. The van der Waals surface area contributed by atoms with Crippen LogP contribution in [0.15, 0.2) is 35.6 Å². The van der Waals surface area contributed by atoms with E-state index < -0.39 is 5.97 Å². The molecule has 0 atom stereocenters. The highest BCUT2D eigenvalue weighted by Crippen LogP contribution is 2.01. The first-order chi connectivity index (χ1) is 8.01. The number of nitrogens with zero attached hydrogens (tertiary/aromatic N) is 2. The molecule has 0 fully saturated rings. The average Bonchev–Trinajstić information content (AvgIpc) is 2.27. The third-order valence-electron chi connectivity index (χ3n) is 1.76. The minimum atomic E-state index is -0.587. The second-order valence-electron chi connectivity index (χ2n) is 3.60. The van der Waals surface area contributed by atoms with Crippen molar-refractivity contribution in [2.24, 2.45) is 0 Å². The largest absolute Gasteiger partial charge is 0.462 e. The van der Waals surface area contributed by atoms with Crippen molar-refractivity contribution >= 4 is 5.97 Å². The van der Waals surface area contributed by atoms with Crippen molar-refractivity contribution in [1.82, 2.24) is 4.90 Å². The summed E-state index contributed by atoms with van der Waals surface area (Å²) in [7, 11) is 3.83. The number of hydrogen-bond donors (Lipinski definition) is 0. The predicted octanol–water partition coefficient (Wildman–Crippen LogP) is 2.02. The molecule has 0 aliphatic carbocycles. The van der Waals surface area contributed by atoms with Crippen molar-refractivity contribution in [2.75, 3.05) is 20.7 Å². The molecule has 0 rings (SSSR count). The fourth-order valence-corrected chi connectivity index (χ4v) is 0.897. The van der Waals surface area contributed by atoms with Gasteiger partial charge in [-0.25, -0.2) is 4.79 Å². The van der Waals surface area contributed by atoms with Crippen LogP contribution in [0.5, 0.6) is 0 Å². The Kier molecular flexibility index (Phi) is 7.20. The zero-order valence-electron chi connectivity index (χ0n) is 10.7. The highest BCUT2D eigenvalue weighted by Gasteiger charge is 2.07. The Labute approximate surface area is 102 Å². The molecule has 0 aromatic heterocycles. The lowest BCUT2D eigenvalue weighted by Gasteiger charge is -2.02. The monoisotopic (exact) mass is 234 g/mol. The molecule has 0 aromatic carbocycles. The van der Waals surface area contributed by atoms with Crippen LogP contribution in [0.3, 0.4) is 0 Å². The van der Waals surface area contributed by atoms with Gasteiger partial charge >= 0.3 is 5.97 Å². The van der Waals surface area contributed by atoms with E-state index in [1.165, 1.54) is 6.08 Å². The van der Waals surface area contributed by atoms with E-state index in [-0.39, 0.29) is 12.2 Å². The molecule has 0 bridgehead atoms. The second kappa shape index (κ2) is 8.17.